The van der Waals surface area contributed by atoms with E-state index in [9.17, 15) is 4.79 Å². The predicted octanol–water partition coefficient (Wildman–Crippen LogP) is 3.97. The number of nitrogens with one attached hydrogen (secondary N) is 1. The van der Waals surface area contributed by atoms with Crippen LogP contribution in [-0.2, 0) is 9.53 Å². The molecule has 1 aromatic carbocycles. The van der Waals surface area contributed by atoms with Gasteiger partial charge < -0.3 is 15.8 Å². The fourth-order valence-electron chi connectivity index (χ4n) is 2.09. The molecule has 0 heterocycles. The van der Waals surface area contributed by atoms with Crippen LogP contribution in [0.2, 0.25) is 0 Å². The third-order valence-corrected chi connectivity index (χ3v) is 3.29. The summed E-state index contributed by atoms with van der Waals surface area (Å²) >= 11 is 0. The number of hydrogen-bond donors (Lipinski definition) is 2. The van der Waals surface area contributed by atoms with Crippen molar-refractivity contribution in [3.05, 3.63) is 24.3 Å². The largest absolute Gasteiger partial charge is 0.399 e. The highest BCUT2D eigenvalue weighted by Crippen LogP contribution is 2.12. The predicted molar refractivity (Wildman–Crippen MR) is 88.3 cm³/mol. The first-order valence-corrected chi connectivity index (χ1v) is 7.95. The molecule has 0 unspecified atom stereocenters. The Hall–Kier alpha value is -1.55. The molecule has 4 nitrogen and oxygen atoms in total. The maximum Gasteiger partial charge on any atom is 0.226 e. The third kappa shape index (κ3) is 9.08. The second-order valence-electron chi connectivity index (χ2n) is 5.30. The number of nitrogen functional groups attached to an aromatic ring is 1. The van der Waals surface area contributed by atoms with Gasteiger partial charge in [0.2, 0.25) is 5.91 Å². The van der Waals surface area contributed by atoms with Gasteiger partial charge in [0.25, 0.3) is 0 Å². The number of carbonyl (C=O) groups is 1. The van der Waals surface area contributed by atoms with Crippen molar-refractivity contribution in [1.82, 2.24) is 0 Å². The SMILES string of the molecule is CCCCCCCCOCCC(=O)Nc1cccc(N)c1. The summed E-state index contributed by atoms with van der Waals surface area (Å²) in [6.45, 7) is 3.44. The van der Waals surface area contributed by atoms with E-state index in [4.69, 9.17) is 10.5 Å². The van der Waals surface area contributed by atoms with E-state index in [0.717, 1.165) is 18.7 Å². The number of nitrogens with two attached hydrogens (primary N) is 1. The van der Waals surface area contributed by atoms with E-state index in [0.29, 0.717) is 18.7 Å². The molecule has 0 aliphatic rings. The first kappa shape index (κ1) is 17.5. The minimum Gasteiger partial charge on any atom is -0.399 e. The Labute approximate surface area is 128 Å². The maximum atomic E-state index is 11.7. The summed E-state index contributed by atoms with van der Waals surface area (Å²) in [6.07, 6.45) is 7.89. The summed E-state index contributed by atoms with van der Waals surface area (Å²) in [7, 11) is 0. The number of rotatable bonds is 11. The number of unbranched alkanes of at least 4 members (excludes halogenated alkanes) is 5. The fraction of sp³-hybridized carbons (Fsp3) is 0.588. The summed E-state index contributed by atoms with van der Waals surface area (Å²) < 4.78 is 5.49. The summed E-state index contributed by atoms with van der Waals surface area (Å²) in [4.78, 5) is 11.7. The van der Waals surface area contributed by atoms with Gasteiger partial charge in [-0.1, -0.05) is 45.1 Å². The van der Waals surface area contributed by atoms with Crippen LogP contribution in [0, 0.1) is 0 Å². The van der Waals surface area contributed by atoms with Gasteiger partial charge in [0, 0.05) is 18.0 Å². The standard InChI is InChI=1S/C17H28N2O2/c1-2-3-4-5-6-7-12-21-13-11-17(20)19-16-10-8-9-15(18)14-16/h8-10,14H,2-7,11-13,18H2,1H3,(H,19,20). The Morgan fingerprint density at radius 1 is 1.14 bits per heavy atom. The van der Waals surface area contributed by atoms with Gasteiger partial charge in [-0.15, -0.1) is 0 Å². The van der Waals surface area contributed by atoms with Gasteiger partial charge >= 0.3 is 0 Å². The summed E-state index contributed by atoms with van der Waals surface area (Å²) in [5.41, 5.74) is 7.03. The molecule has 3 N–H and O–H groups in total. The normalized spacial score (nSPS) is 10.5. The highest BCUT2D eigenvalue weighted by atomic mass is 16.5. The first-order valence-electron chi connectivity index (χ1n) is 7.95. The number of amides is 1. The van der Waals surface area contributed by atoms with Crippen molar-refractivity contribution in [1.29, 1.82) is 0 Å². The number of benzene rings is 1. The maximum absolute atomic E-state index is 11.7. The van der Waals surface area contributed by atoms with Gasteiger partial charge in [-0.2, -0.15) is 0 Å². The molecule has 1 aromatic rings. The lowest BCUT2D eigenvalue weighted by Gasteiger charge is -2.07. The molecule has 0 radical (unpaired) electrons. The molecule has 0 aromatic heterocycles. The van der Waals surface area contributed by atoms with Crippen LogP contribution in [0.4, 0.5) is 11.4 Å². The van der Waals surface area contributed by atoms with Crippen LogP contribution in [-0.4, -0.2) is 19.1 Å². The average molecular weight is 292 g/mol. The molecule has 1 rings (SSSR count). The van der Waals surface area contributed by atoms with E-state index >= 15 is 0 Å². The van der Waals surface area contributed by atoms with Crippen LogP contribution >= 0.6 is 0 Å². The van der Waals surface area contributed by atoms with Crippen LogP contribution in [0.3, 0.4) is 0 Å². The second kappa shape index (κ2) is 11.1. The zero-order valence-electron chi connectivity index (χ0n) is 13.1. The Morgan fingerprint density at radius 3 is 2.67 bits per heavy atom. The molecule has 0 spiro atoms. The molecule has 0 saturated carbocycles. The molecular formula is C17H28N2O2. The fourth-order valence-corrected chi connectivity index (χ4v) is 2.09. The van der Waals surface area contributed by atoms with Crippen molar-refractivity contribution in [3.8, 4) is 0 Å². The van der Waals surface area contributed by atoms with Crippen molar-refractivity contribution in [2.75, 3.05) is 24.3 Å². The summed E-state index contributed by atoms with van der Waals surface area (Å²) in [6, 6.07) is 7.18. The van der Waals surface area contributed by atoms with Gasteiger partial charge in [-0.25, -0.2) is 0 Å². The lowest BCUT2D eigenvalue weighted by atomic mass is 10.1. The van der Waals surface area contributed by atoms with Crippen LogP contribution in [0.15, 0.2) is 24.3 Å². The number of ether oxygens (including phenoxy) is 1. The van der Waals surface area contributed by atoms with Crippen molar-refractivity contribution in [2.45, 2.75) is 51.9 Å². The monoisotopic (exact) mass is 292 g/mol. The van der Waals surface area contributed by atoms with Crippen LogP contribution in [0.5, 0.6) is 0 Å². The molecule has 0 aliphatic carbocycles. The van der Waals surface area contributed by atoms with Gasteiger partial charge in [0.05, 0.1) is 13.0 Å². The Bertz CT molecular complexity index is 408. The lowest BCUT2D eigenvalue weighted by molar-refractivity contribution is -0.117. The molecule has 118 valence electrons. The van der Waals surface area contributed by atoms with Crippen LogP contribution in [0.1, 0.15) is 51.9 Å². The van der Waals surface area contributed by atoms with Gasteiger partial charge in [-0.05, 0) is 24.6 Å². The van der Waals surface area contributed by atoms with E-state index in [-0.39, 0.29) is 5.91 Å². The Morgan fingerprint density at radius 2 is 1.90 bits per heavy atom. The van der Waals surface area contributed by atoms with Gasteiger partial charge in [0.1, 0.15) is 0 Å². The molecule has 0 bridgehead atoms. The molecule has 0 aliphatic heterocycles. The third-order valence-electron chi connectivity index (χ3n) is 3.29. The number of anilines is 2. The zero-order valence-corrected chi connectivity index (χ0v) is 13.1. The summed E-state index contributed by atoms with van der Waals surface area (Å²) in [5, 5.41) is 2.81. The Balaban J connectivity index is 1.99. The first-order chi connectivity index (χ1) is 10.2. The van der Waals surface area contributed by atoms with Crippen molar-refractivity contribution in [3.63, 3.8) is 0 Å². The highest BCUT2D eigenvalue weighted by molar-refractivity contribution is 5.91. The van der Waals surface area contributed by atoms with E-state index < -0.39 is 0 Å². The van der Waals surface area contributed by atoms with Crippen LogP contribution < -0.4 is 11.1 Å². The minimum absolute atomic E-state index is 0.0384. The highest BCUT2D eigenvalue weighted by Gasteiger charge is 2.02. The molecule has 21 heavy (non-hydrogen) atoms. The van der Waals surface area contributed by atoms with Gasteiger partial charge in [-0.3, -0.25) is 4.79 Å². The number of carbonyl (C=O) groups excluding carboxylic acids is 1. The molecule has 0 fully saturated rings. The molecule has 0 saturated heterocycles. The molecular weight excluding hydrogens is 264 g/mol. The van der Waals surface area contributed by atoms with E-state index in [1.807, 2.05) is 12.1 Å². The van der Waals surface area contributed by atoms with E-state index in [1.54, 1.807) is 12.1 Å². The van der Waals surface area contributed by atoms with Crippen molar-refractivity contribution >= 4 is 17.3 Å². The molecule has 0 atom stereocenters. The van der Waals surface area contributed by atoms with Crippen molar-refractivity contribution < 1.29 is 9.53 Å². The number of hydrogen-bond acceptors (Lipinski definition) is 3. The molecule has 1 amide bonds. The smallest absolute Gasteiger partial charge is 0.226 e. The average Bonchev–Trinajstić information content (AvgIpc) is 2.45. The zero-order chi connectivity index (χ0) is 15.3. The lowest BCUT2D eigenvalue weighted by Crippen LogP contribution is -2.14. The van der Waals surface area contributed by atoms with E-state index in [1.165, 1.54) is 32.1 Å². The van der Waals surface area contributed by atoms with Gasteiger partial charge in [0.15, 0.2) is 0 Å². The minimum atomic E-state index is -0.0384. The summed E-state index contributed by atoms with van der Waals surface area (Å²) in [5.74, 6) is -0.0384. The molecule has 4 heteroatoms. The Kier molecular flexibility index (Phi) is 9.29. The topological polar surface area (TPSA) is 64.3 Å². The van der Waals surface area contributed by atoms with E-state index in [2.05, 4.69) is 12.2 Å². The van der Waals surface area contributed by atoms with Crippen LogP contribution in [0.25, 0.3) is 0 Å². The quantitative estimate of drug-likeness (QED) is 0.479. The second-order valence-corrected chi connectivity index (χ2v) is 5.30. The van der Waals surface area contributed by atoms with Crippen molar-refractivity contribution in [2.24, 2.45) is 0 Å².